The molecule has 3 fully saturated rings. The van der Waals surface area contributed by atoms with Crippen LogP contribution in [0.1, 0.15) is 71.1 Å². The van der Waals surface area contributed by atoms with Gasteiger partial charge in [-0.1, -0.05) is 26.2 Å². The van der Waals surface area contributed by atoms with Crippen molar-refractivity contribution < 1.29 is 5.11 Å². The summed E-state index contributed by atoms with van der Waals surface area (Å²) in [5, 5.41) is 10.1. The summed E-state index contributed by atoms with van der Waals surface area (Å²) >= 11 is 0. The van der Waals surface area contributed by atoms with Gasteiger partial charge in [-0.05, 0) is 56.9 Å². The van der Waals surface area contributed by atoms with Crippen LogP contribution in [0.3, 0.4) is 0 Å². The normalized spacial score (nSPS) is 36.2. The Morgan fingerprint density at radius 1 is 1.06 bits per heavy atom. The highest BCUT2D eigenvalue weighted by molar-refractivity contribution is 5.02. The van der Waals surface area contributed by atoms with Gasteiger partial charge in [-0.2, -0.15) is 0 Å². The topological polar surface area (TPSA) is 23.5 Å². The molecule has 0 aliphatic heterocycles. The van der Waals surface area contributed by atoms with E-state index in [1.54, 1.807) is 0 Å². The summed E-state index contributed by atoms with van der Waals surface area (Å²) in [6.07, 6.45) is 13.3. The van der Waals surface area contributed by atoms with Gasteiger partial charge in [-0.15, -0.1) is 0 Å². The van der Waals surface area contributed by atoms with E-state index in [1.807, 2.05) is 0 Å². The van der Waals surface area contributed by atoms with Gasteiger partial charge in [0, 0.05) is 12.1 Å². The summed E-state index contributed by atoms with van der Waals surface area (Å²) in [6, 6.07) is 1.52. The van der Waals surface area contributed by atoms with Crippen molar-refractivity contribution >= 4 is 0 Å². The summed E-state index contributed by atoms with van der Waals surface area (Å²) in [5.74, 6) is 0. The molecule has 0 amide bonds. The van der Waals surface area contributed by atoms with E-state index >= 15 is 0 Å². The van der Waals surface area contributed by atoms with Crippen molar-refractivity contribution in [1.82, 2.24) is 4.90 Å². The van der Waals surface area contributed by atoms with Crippen molar-refractivity contribution in [1.29, 1.82) is 0 Å². The maximum atomic E-state index is 10.1. The van der Waals surface area contributed by atoms with E-state index in [2.05, 4.69) is 11.8 Å². The maximum Gasteiger partial charge on any atom is 0.0555 e. The summed E-state index contributed by atoms with van der Waals surface area (Å²) in [4.78, 5) is 2.78. The smallest absolute Gasteiger partial charge is 0.0555 e. The standard InChI is InChI=1S/C16H29NO/c1-2-17(13-6-5-7-13)15-12-14(18)8-11-16(15)9-3-4-10-16/h13-15,18H,2-12H2,1H3. The molecule has 104 valence electrons. The van der Waals surface area contributed by atoms with E-state index in [1.165, 1.54) is 57.9 Å². The molecule has 0 aromatic heterocycles. The summed E-state index contributed by atoms with van der Waals surface area (Å²) in [5.41, 5.74) is 0.574. The first-order valence-electron chi connectivity index (χ1n) is 8.19. The highest BCUT2D eigenvalue weighted by atomic mass is 16.3. The summed E-state index contributed by atoms with van der Waals surface area (Å²) < 4.78 is 0. The maximum absolute atomic E-state index is 10.1. The third-order valence-electron chi connectivity index (χ3n) is 6.09. The largest absolute Gasteiger partial charge is 0.393 e. The molecule has 3 rings (SSSR count). The molecule has 18 heavy (non-hydrogen) atoms. The lowest BCUT2D eigenvalue weighted by Gasteiger charge is -2.52. The van der Waals surface area contributed by atoms with Gasteiger partial charge in [0.1, 0.15) is 0 Å². The Morgan fingerprint density at radius 2 is 1.78 bits per heavy atom. The SMILES string of the molecule is CCN(C1CCC1)C1CC(O)CCC12CCCC2. The molecule has 0 aromatic carbocycles. The Labute approximate surface area is 112 Å². The highest BCUT2D eigenvalue weighted by Crippen LogP contribution is 2.52. The first kappa shape index (κ1) is 12.9. The van der Waals surface area contributed by atoms with Gasteiger partial charge in [0.15, 0.2) is 0 Å². The van der Waals surface area contributed by atoms with Crippen molar-refractivity contribution in [2.75, 3.05) is 6.54 Å². The van der Waals surface area contributed by atoms with E-state index in [-0.39, 0.29) is 6.10 Å². The number of hydrogen-bond donors (Lipinski definition) is 1. The molecule has 0 radical (unpaired) electrons. The average molecular weight is 251 g/mol. The van der Waals surface area contributed by atoms with E-state index in [9.17, 15) is 5.11 Å². The molecule has 3 aliphatic rings. The van der Waals surface area contributed by atoms with Gasteiger partial charge in [0.2, 0.25) is 0 Å². The number of hydrogen-bond acceptors (Lipinski definition) is 2. The molecule has 0 bridgehead atoms. The molecule has 0 aromatic rings. The predicted octanol–water partition coefficient (Wildman–Crippen LogP) is 3.33. The van der Waals surface area contributed by atoms with Gasteiger partial charge in [0.25, 0.3) is 0 Å². The molecule has 3 aliphatic carbocycles. The minimum absolute atomic E-state index is 0.0321. The zero-order valence-electron chi connectivity index (χ0n) is 11.9. The fourth-order valence-corrected chi connectivity index (χ4v) is 4.85. The Hall–Kier alpha value is -0.0800. The fourth-order valence-electron chi connectivity index (χ4n) is 4.85. The zero-order valence-corrected chi connectivity index (χ0v) is 11.9. The minimum atomic E-state index is -0.0321. The van der Waals surface area contributed by atoms with Crippen molar-refractivity contribution in [3.8, 4) is 0 Å². The third kappa shape index (κ3) is 2.12. The van der Waals surface area contributed by atoms with Crippen LogP contribution >= 0.6 is 0 Å². The van der Waals surface area contributed by atoms with Crippen LogP contribution in [0, 0.1) is 5.41 Å². The number of nitrogens with zero attached hydrogens (tertiary/aromatic N) is 1. The number of aliphatic hydroxyl groups excluding tert-OH is 1. The lowest BCUT2D eigenvalue weighted by molar-refractivity contribution is -0.0545. The van der Waals surface area contributed by atoms with Crippen LogP contribution < -0.4 is 0 Å². The quantitative estimate of drug-likeness (QED) is 0.831. The lowest BCUT2D eigenvalue weighted by Crippen LogP contribution is -2.56. The van der Waals surface area contributed by atoms with Crippen LogP contribution in [0.4, 0.5) is 0 Å². The molecule has 1 spiro atoms. The number of aliphatic hydroxyl groups is 1. The van der Waals surface area contributed by atoms with Gasteiger partial charge in [0.05, 0.1) is 6.10 Å². The third-order valence-corrected chi connectivity index (χ3v) is 6.09. The van der Waals surface area contributed by atoms with Crippen molar-refractivity contribution in [3.63, 3.8) is 0 Å². The van der Waals surface area contributed by atoms with E-state index < -0.39 is 0 Å². The second kappa shape index (κ2) is 5.13. The fraction of sp³-hybridized carbons (Fsp3) is 1.00. The molecular formula is C16H29NO. The van der Waals surface area contributed by atoms with E-state index in [0.717, 1.165) is 18.9 Å². The predicted molar refractivity (Wildman–Crippen MR) is 74.6 cm³/mol. The monoisotopic (exact) mass is 251 g/mol. The van der Waals surface area contributed by atoms with Crippen molar-refractivity contribution in [2.45, 2.75) is 89.3 Å². The van der Waals surface area contributed by atoms with Crippen LogP contribution in [0.25, 0.3) is 0 Å². The Morgan fingerprint density at radius 3 is 2.33 bits per heavy atom. The van der Waals surface area contributed by atoms with E-state index in [0.29, 0.717) is 11.5 Å². The van der Waals surface area contributed by atoms with Gasteiger partial charge in [-0.3, -0.25) is 4.90 Å². The molecule has 0 heterocycles. The second-order valence-corrected chi connectivity index (χ2v) is 6.93. The molecule has 1 N–H and O–H groups in total. The molecular weight excluding hydrogens is 222 g/mol. The van der Waals surface area contributed by atoms with Crippen LogP contribution in [-0.4, -0.2) is 34.7 Å². The number of rotatable bonds is 3. The molecule has 3 saturated carbocycles. The van der Waals surface area contributed by atoms with Crippen LogP contribution in [-0.2, 0) is 0 Å². The summed E-state index contributed by atoms with van der Waals surface area (Å²) in [7, 11) is 0. The van der Waals surface area contributed by atoms with Gasteiger partial charge in [-0.25, -0.2) is 0 Å². The van der Waals surface area contributed by atoms with E-state index in [4.69, 9.17) is 0 Å². The van der Waals surface area contributed by atoms with Gasteiger partial charge < -0.3 is 5.11 Å². The Balaban J connectivity index is 1.79. The van der Waals surface area contributed by atoms with Gasteiger partial charge >= 0.3 is 0 Å². The average Bonchev–Trinajstić information content (AvgIpc) is 2.77. The molecule has 2 nitrogen and oxygen atoms in total. The molecule has 2 heteroatoms. The molecule has 2 unspecified atom stereocenters. The van der Waals surface area contributed by atoms with Crippen LogP contribution in [0.2, 0.25) is 0 Å². The van der Waals surface area contributed by atoms with Crippen molar-refractivity contribution in [2.24, 2.45) is 5.41 Å². The summed E-state index contributed by atoms with van der Waals surface area (Å²) in [6.45, 7) is 3.51. The molecule has 2 atom stereocenters. The van der Waals surface area contributed by atoms with Crippen LogP contribution in [0.5, 0.6) is 0 Å². The Bertz CT molecular complexity index is 281. The van der Waals surface area contributed by atoms with Crippen LogP contribution in [0.15, 0.2) is 0 Å². The highest BCUT2D eigenvalue weighted by Gasteiger charge is 2.48. The zero-order chi connectivity index (χ0) is 12.6. The first-order chi connectivity index (χ1) is 8.75. The molecule has 0 saturated heterocycles. The Kier molecular flexibility index (Phi) is 3.68. The van der Waals surface area contributed by atoms with Crippen molar-refractivity contribution in [3.05, 3.63) is 0 Å². The first-order valence-corrected chi connectivity index (χ1v) is 8.19. The lowest BCUT2D eigenvalue weighted by atomic mass is 9.66. The minimum Gasteiger partial charge on any atom is -0.393 e. The second-order valence-electron chi connectivity index (χ2n) is 6.93.